The Kier molecular flexibility index (Phi) is 6.00. The highest BCUT2D eigenvalue weighted by Crippen LogP contribution is 2.20. The summed E-state index contributed by atoms with van der Waals surface area (Å²) in [5.74, 6) is -0.164. The van der Waals surface area contributed by atoms with Gasteiger partial charge in [0.1, 0.15) is 5.82 Å². The van der Waals surface area contributed by atoms with Crippen LogP contribution in [-0.2, 0) is 6.54 Å². The largest absolute Gasteiger partial charge is 0.311 e. The second-order valence-corrected chi connectivity index (χ2v) is 6.58. The Morgan fingerprint density at radius 2 is 2.15 bits per heavy atom. The van der Waals surface area contributed by atoms with Gasteiger partial charge in [-0.15, -0.1) is 0 Å². The summed E-state index contributed by atoms with van der Waals surface area (Å²) in [5.41, 5.74) is 1.05. The Bertz CT molecular complexity index is 418. The summed E-state index contributed by atoms with van der Waals surface area (Å²) in [6, 6.07) is 6.30. The van der Waals surface area contributed by atoms with E-state index in [1.807, 2.05) is 6.07 Å². The van der Waals surface area contributed by atoms with Gasteiger partial charge in [-0.05, 0) is 36.6 Å². The normalized spacial score (nSPS) is 24.0. The van der Waals surface area contributed by atoms with E-state index in [-0.39, 0.29) is 5.82 Å². The molecule has 1 aliphatic heterocycles. The molecule has 1 heterocycles. The summed E-state index contributed by atoms with van der Waals surface area (Å²) in [5, 5.41) is 3.63. The zero-order valence-corrected chi connectivity index (χ0v) is 13.9. The molecule has 2 rings (SSSR count). The average molecular weight is 343 g/mol. The predicted molar refractivity (Wildman–Crippen MR) is 85.3 cm³/mol. The van der Waals surface area contributed by atoms with E-state index in [1.165, 1.54) is 18.9 Å². The summed E-state index contributed by atoms with van der Waals surface area (Å²) in [7, 11) is 0. The molecule has 0 spiro atoms. The molecule has 112 valence electrons. The third-order valence-corrected chi connectivity index (χ3v) is 4.49. The van der Waals surface area contributed by atoms with Gasteiger partial charge in [0, 0.05) is 36.2 Å². The van der Waals surface area contributed by atoms with Crippen molar-refractivity contribution in [3.63, 3.8) is 0 Å². The lowest BCUT2D eigenvalue weighted by Gasteiger charge is -2.40. The van der Waals surface area contributed by atoms with Crippen LogP contribution in [-0.4, -0.2) is 30.1 Å². The minimum atomic E-state index is -0.164. The number of hydrogen-bond donors (Lipinski definition) is 1. The maximum Gasteiger partial charge on any atom is 0.124 e. The van der Waals surface area contributed by atoms with Crippen LogP contribution in [0.1, 0.15) is 38.7 Å². The van der Waals surface area contributed by atoms with Crippen molar-refractivity contribution in [2.24, 2.45) is 0 Å². The van der Waals surface area contributed by atoms with Crippen LogP contribution in [0.25, 0.3) is 0 Å². The standard InChI is InChI=1S/C16H24BrFN2/c1-3-5-15-11-20(16(4-2)9-19-15)10-12-6-13(17)8-14(18)7-12/h6-8,15-16,19H,3-5,9-11H2,1-2H3. The van der Waals surface area contributed by atoms with E-state index in [4.69, 9.17) is 0 Å². The van der Waals surface area contributed by atoms with Gasteiger partial charge in [-0.3, -0.25) is 4.90 Å². The molecule has 2 nitrogen and oxygen atoms in total. The lowest BCUT2D eigenvalue weighted by Crippen LogP contribution is -2.55. The maximum atomic E-state index is 13.5. The number of nitrogens with one attached hydrogen (secondary N) is 1. The maximum absolute atomic E-state index is 13.5. The Labute approximate surface area is 129 Å². The van der Waals surface area contributed by atoms with E-state index < -0.39 is 0 Å². The van der Waals surface area contributed by atoms with Gasteiger partial charge in [0.25, 0.3) is 0 Å². The van der Waals surface area contributed by atoms with E-state index in [9.17, 15) is 4.39 Å². The van der Waals surface area contributed by atoms with Crippen LogP contribution < -0.4 is 5.32 Å². The van der Waals surface area contributed by atoms with Crippen molar-refractivity contribution in [1.29, 1.82) is 0 Å². The zero-order chi connectivity index (χ0) is 14.5. The highest BCUT2D eigenvalue weighted by atomic mass is 79.9. The van der Waals surface area contributed by atoms with Crippen molar-refractivity contribution in [3.8, 4) is 0 Å². The Morgan fingerprint density at radius 3 is 2.80 bits per heavy atom. The first-order chi connectivity index (χ1) is 9.62. The summed E-state index contributed by atoms with van der Waals surface area (Å²) in [6.45, 7) is 7.37. The molecular weight excluding hydrogens is 319 g/mol. The Hall–Kier alpha value is -0.450. The number of hydrogen-bond acceptors (Lipinski definition) is 2. The van der Waals surface area contributed by atoms with Crippen LogP contribution in [0.5, 0.6) is 0 Å². The molecule has 20 heavy (non-hydrogen) atoms. The topological polar surface area (TPSA) is 15.3 Å². The fourth-order valence-electron chi connectivity index (χ4n) is 3.00. The molecular formula is C16H24BrFN2. The third-order valence-electron chi connectivity index (χ3n) is 4.03. The van der Waals surface area contributed by atoms with Gasteiger partial charge in [-0.25, -0.2) is 4.39 Å². The molecule has 1 aliphatic rings. The molecule has 2 unspecified atom stereocenters. The summed E-state index contributed by atoms with van der Waals surface area (Å²) in [4.78, 5) is 2.50. The molecule has 1 aromatic carbocycles. The molecule has 1 saturated heterocycles. The fraction of sp³-hybridized carbons (Fsp3) is 0.625. The van der Waals surface area contributed by atoms with Crippen LogP contribution in [0.3, 0.4) is 0 Å². The van der Waals surface area contributed by atoms with Gasteiger partial charge in [0.15, 0.2) is 0 Å². The van der Waals surface area contributed by atoms with Crippen molar-refractivity contribution in [1.82, 2.24) is 10.2 Å². The highest BCUT2D eigenvalue weighted by molar-refractivity contribution is 9.10. The molecule has 1 aromatic rings. The lowest BCUT2D eigenvalue weighted by molar-refractivity contribution is 0.115. The monoisotopic (exact) mass is 342 g/mol. The molecule has 2 atom stereocenters. The van der Waals surface area contributed by atoms with E-state index in [2.05, 4.69) is 40.0 Å². The van der Waals surface area contributed by atoms with Gasteiger partial charge in [0.2, 0.25) is 0 Å². The summed E-state index contributed by atoms with van der Waals surface area (Å²) in [6.07, 6.45) is 3.54. The van der Waals surface area contributed by atoms with Crippen molar-refractivity contribution in [3.05, 3.63) is 34.1 Å². The third kappa shape index (κ3) is 4.27. The molecule has 0 aliphatic carbocycles. The van der Waals surface area contributed by atoms with Crippen LogP contribution in [0.4, 0.5) is 4.39 Å². The first kappa shape index (κ1) is 15.9. The minimum absolute atomic E-state index is 0.164. The summed E-state index contributed by atoms with van der Waals surface area (Å²) < 4.78 is 14.3. The molecule has 0 saturated carbocycles. The first-order valence-electron chi connectivity index (χ1n) is 7.54. The molecule has 0 amide bonds. The van der Waals surface area contributed by atoms with Gasteiger partial charge in [-0.1, -0.05) is 36.2 Å². The van der Waals surface area contributed by atoms with Crippen molar-refractivity contribution >= 4 is 15.9 Å². The Morgan fingerprint density at radius 1 is 1.35 bits per heavy atom. The number of piperazine rings is 1. The number of benzene rings is 1. The van der Waals surface area contributed by atoms with Crippen molar-refractivity contribution < 1.29 is 4.39 Å². The SMILES string of the molecule is CCCC1CN(Cc2cc(F)cc(Br)c2)C(CC)CN1. The van der Waals surface area contributed by atoms with Crippen LogP contribution in [0, 0.1) is 5.82 Å². The van der Waals surface area contributed by atoms with E-state index in [0.29, 0.717) is 12.1 Å². The van der Waals surface area contributed by atoms with Gasteiger partial charge in [-0.2, -0.15) is 0 Å². The number of rotatable bonds is 5. The number of nitrogens with zero attached hydrogens (tertiary/aromatic N) is 1. The minimum Gasteiger partial charge on any atom is -0.311 e. The van der Waals surface area contributed by atoms with E-state index in [0.717, 1.165) is 36.1 Å². The second-order valence-electron chi connectivity index (χ2n) is 5.66. The van der Waals surface area contributed by atoms with Crippen LogP contribution in [0.15, 0.2) is 22.7 Å². The van der Waals surface area contributed by atoms with Crippen LogP contribution >= 0.6 is 15.9 Å². The molecule has 0 radical (unpaired) electrons. The lowest BCUT2D eigenvalue weighted by atomic mass is 10.0. The second kappa shape index (κ2) is 7.53. The van der Waals surface area contributed by atoms with E-state index >= 15 is 0 Å². The van der Waals surface area contributed by atoms with Gasteiger partial charge >= 0.3 is 0 Å². The smallest absolute Gasteiger partial charge is 0.124 e. The molecule has 1 fully saturated rings. The van der Waals surface area contributed by atoms with Crippen molar-refractivity contribution in [2.45, 2.75) is 51.7 Å². The molecule has 1 N–H and O–H groups in total. The Balaban J connectivity index is 2.06. The van der Waals surface area contributed by atoms with Gasteiger partial charge < -0.3 is 5.32 Å². The molecule has 0 bridgehead atoms. The molecule has 0 aromatic heterocycles. The van der Waals surface area contributed by atoms with Crippen LogP contribution in [0.2, 0.25) is 0 Å². The summed E-state index contributed by atoms with van der Waals surface area (Å²) >= 11 is 3.38. The predicted octanol–water partition coefficient (Wildman–Crippen LogP) is 3.94. The zero-order valence-electron chi connectivity index (χ0n) is 12.3. The highest BCUT2D eigenvalue weighted by Gasteiger charge is 2.26. The average Bonchev–Trinajstić information content (AvgIpc) is 2.38. The number of halogens is 2. The van der Waals surface area contributed by atoms with E-state index in [1.54, 1.807) is 6.07 Å². The van der Waals surface area contributed by atoms with Gasteiger partial charge in [0.05, 0.1) is 0 Å². The quantitative estimate of drug-likeness (QED) is 0.871. The fourth-order valence-corrected chi connectivity index (χ4v) is 3.52. The van der Waals surface area contributed by atoms with Crippen molar-refractivity contribution in [2.75, 3.05) is 13.1 Å². The first-order valence-corrected chi connectivity index (χ1v) is 8.34. The molecule has 4 heteroatoms.